The number of alkyl halides is 2. The zero-order chi connectivity index (χ0) is 22.9. The van der Waals surface area contributed by atoms with Crippen LogP contribution in [0, 0.1) is 11.6 Å². The Kier molecular flexibility index (Phi) is 6.40. The molecule has 2 aromatic rings. The lowest BCUT2D eigenvalue weighted by atomic mass is 9.98. The molecule has 1 fully saturated rings. The molecule has 0 saturated carbocycles. The standard InChI is InChI=1S/C20H19ClF4N4O2/c1-10-18(30)26-7-8-29(10)19(31)28-17(12-4-5-13(22)15(21)16(12)23)11-3-6-14(27-9-11)20(2,24)25/h3-6,9-10,17H,7-8H2,1-2H3,(H,26,30)(H,28,31)/t10-,17-/m1/s1. The molecule has 0 bridgehead atoms. The molecule has 0 spiro atoms. The zero-order valence-electron chi connectivity index (χ0n) is 16.6. The monoisotopic (exact) mass is 458 g/mol. The van der Waals surface area contributed by atoms with Crippen LogP contribution in [0.4, 0.5) is 22.4 Å². The Labute approximate surface area is 180 Å². The fraction of sp³-hybridized carbons (Fsp3) is 0.350. The van der Waals surface area contributed by atoms with E-state index in [1.54, 1.807) is 0 Å². The third-order valence-electron chi connectivity index (χ3n) is 4.97. The lowest BCUT2D eigenvalue weighted by molar-refractivity contribution is -0.126. The summed E-state index contributed by atoms with van der Waals surface area (Å²) in [4.78, 5) is 29.7. The molecule has 0 unspecified atom stereocenters. The number of urea groups is 1. The van der Waals surface area contributed by atoms with Crippen LogP contribution in [0.5, 0.6) is 0 Å². The van der Waals surface area contributed by atoms with Crippen molar-refractivity contribution in [1.29, 1.82) is 0 Å². The lowest BCUT2D eigenvalue weighted by Gasteiger charge is -2.34. The van der Waals surface area contributed by atoms with E-state index in [0.29, 0.717) is 6.92 Å². The minimum atomic E-state index is -3.20. The molecule has 3 amide bonds. The molecule has 2 N–H and O–H groups in total. The van der Waals surface area contributed by atoms with Gasteiger partial charge in [-0.3, -0.25) is 9.78 Å². The minimum Gasteiger partial charge on any atom is -0.353 e. The highest BCUT2D eigenvalue weighted by Crippen LogP contribution is 2.31. The van der Waals surface area contributed by atoms with Crippen molar-refractivity contribution in [3.05, 3.63) is 63.9 Å². The van der Waals surface area contributed by atoms with Crippen LogP contribution in [-0.2, 0) is 10.7 Å². The number of piperazine rings is 1. The highest BCUT2D eigenvalue weighted by molar-refractivity contribution is 6.31. The predicted molar refractivity (Wildman–Crippen MR) is 105 cm³/mol. The maximum Gasteiger partial charge on any atom is 0.318 e. The molecule has 31 heavy (non-hydrogen) atoms. The van der Waals surface area contributed by atoms with Gasteiger partial charge < -0.3 is 15.5 Å². The molecule has 166 valence electrons. The van der Waals surface area contributed by atoms with E-state index in [0.717, 1.165) is 24.4 Å². The lowest BCUT2D eigenvalue weighted by Crippen LogP contribution is -2.58. The number of rotatable bonds is 4. The van der Waals surface area contributed by atoms with Crippen molar-refractivity contribution >= 4 is 23.5 Å². The molecule has 1 aliphatic heterocycles. The molecule has 6 nitrogen and oxygen atoms in total. The Bertz CT molecular complexity index is 998. The summed E-state index contributed by atoms with van der Waals surface area (Å²) in [5.74, 6) is -5.65. The fourth-order valence-electron chi connectivity index (χ4n) is 3.21. The van der Waals surface area contributed by atoms with Crippen LogP contribution in [-0.4, -0.2) is 41.0 Å². The van der Waals surface area contributed by atoms with E-state index in [1.165, 1.54) is 17.9 Å². The second kappa shape index (κ2) is 8.70. The van der Waals surface area contributed by atoms with Crippen LogP contribution in [0.15, 0.2) is 30.5 Å². The van der Waals surface area contributed by atoms with Gasteiger partial charge in [-0.1, -0.05) is 23.7 Å². The highest BCUT2D eigenvalue weighted by atomic mass is 35.5. The first-order chi connectivity index (χ1) is 14.5. The summed E-state index contributed by atoms with van der Waals surface area (Å²) in [6.45, 7) is 2.64. The van der Waals surface area contributed by atoms with E-state index < -0.39 is 46.4 Å². The number of nitrogens with one attached hydrogen (secondary N) is 2. The second-order valence-corrected chi connectivity index (χ2v) is 7.55. The number of aromatic nitrogens is 1. The number of benzene rings is 1. The predicted octanol–water partition coefficient (Wildman–Crippen LogP) is 3.74. The van der Waals surface area contributed by atoms with Gasteiger partial charge in [-0.15, -0.1) is 0 Å². The van der Waals surface area contributed by atoms with Gasteiger partial charge in [0.25, 0.3) is 5.92 Å². The normalized spacial score (nSPS) is 17.8. The number of hydrogen-bond donors (Lipinski definition) is 2. The van der Waals surface area contributed by atoms with Crippen molar-refractivity contribution in [1.82, 2.24) is 20.5 Å². The first kappa shape index (κ1) is 22.8. The van der Waals surface area contributed by atoms with Gasteiger partial charge in [-0.2, -0.15) is 8.78 Å². The van der Waals surface area contributed by atoms with Gasteiger partial charge in [-0.05, 0) is 24.6 Å². The average Bonchev–Trinajstić information content (AvgIpc) is 2.72. The molecule has 1 aromatic heterocycles. The van der Waals surface area contributed by atoms with Crippen molar-refractivity contribution in [2.75, 3.05) is 13.1 Å². The molecular weight excluding hydrogens is 440 g/mol. The molecule has 11 heteroatoms. The molecule has 3 rings (SSSR count). The van der Waals surface area contributed by atoms with Crippen molar-refractivity contribution in [2.45, 2.75) is 31.9 Å². The Morgan fingerprint density at radius 3 is 2.65 bits per heavy atom. The van der Waals surface area contributed by atoms with Gasteiger partial charge in [0.2, 0.25) is 5.91 Å². The highest BCUT2D eigenvalue weighted by Gasteiger charge is 2.33. The van der Waals surface area contributed by atoms with E-state index >= 15 is 0 Å². The van der Waals surface area contributed by atoms with Crippen molar-refractivity contribution in [3.63, 3.8) is 0 Å². The van der Waals surface area contributed by atoms with Gasteiger partial charge >= 0.3 is 6.03 Å². The molecule has 2 heterocycles. The fourth-order valence-corrected chi connectivity index (χ4v) is 3.38. The molecular formula is C20H19ClF4N4O2. The van der Waals surface area contributed by atoms with Crippen LogP contribution in [0.2, 0.25) is 5.02 Å². The van der Waals surface area contributed by atoms with Gasteiger partial charge in [0.15, 0.2) is 0 Å². The summed E-state index contributed by atoms with van der Waals surface area (Å²) in [6.07, 6.45) is 1.07. The van der Waals surface area contributed by atoms with Gasteiger partial charge in [0, 0.05) is 31.8 Å². The Morgan fingerprint density at radius 1 is 1.32 bits per heavy atom. The van der Waals surface area contributed by atoms with Crippen LogP contribution in [0.3, 0.4) is 0 Å². The van der Waals surface area contributed by atoms with E-state index in [1.807, 2.05) is 0 Å². The topological polar surface area (TPSA) is 74.3 Å². The average molecular weight is 459 g/mol. The molecule has 1 aromatic carbocycles. The molecule has 2 atom stereocenters. The summed E-state index contributed by atoms with van der Waals surface area (Å²) in [7, 11) is 0. The van der Waals surface area contributed by atoms with E-state index in [-0.39, 0.29) is 30.1 Å². The zero-order valence-corrected chi connectivity index (χ0v) is 17.3. The number of nitrogens with zero attached hydrogens (tertiary/aromatic N) is 2. The third kappa shape index (κ3) is 4.73. The molecule has 1 aliphatic rings. The summed E-state index contributed by atoms with van der Waals surface area (Å²) < 4.78 is 55.4. The van der Waals surface area contributed by atoms with Crippen LogP contribution < -0.4 is 10.6 Å². The number of halogens is 5. The Morgan fingerprint density at radius 2 is 2.03 bits per heavy atom. The molecule has 1 saturated heterocycles. The summed E-state index contributed by atoms with van der Waals surface area (Å²) in [6, 6.07) is 1.62. The maximum absolute atomic E-state index is 14.8. The quantitative estimate of drug-likeness (QED) is 0.541. The largest absolute Gasteiger partial charge is 0.353 e. The van der Waals surface area contributed by atoms with E-state index in [4.69, 9.17) is 11.6 Å². The first-order valence-corrected chi connectivity index (χ1v) is 9.71. The Hall–Kier alpha value is -2.88. The number of carbonyl (C=O) groups excluding carboxylic acids is 2. The summed E-state index contributed by atoms with van der Waals surface area (Å²) in [5, 5.41) is 4.42. The van der Waals surface area contributed by atoms with Gasteiger partial charge in [0.05, 0.1) is 6.04 Å². The number of carbonyl (C=O) groups is 2. The van der Waals surface area contributed by atoms with E-state index in [2.05, 4.69) is 15.6 Å². The van der Waals surface area contributed by atoms with Crippen molar-refractivity contribution in [2.24, 2.45) is 0 Å². The second-order valence-electron chi connectivity index (χ2n) is 7.17. The van der Waals surface area contributed by atoms with Crippen molar-refractivity contribution < 1.29 is 27.2 Å². The van der Waals surface area contributed by atoms with E-state index in [9.17, 15) is 27.2 Å². The van der Waals surface area contributed by atoms with Gasteiger partial charge in [0.1, 0.15) is 28.4 Å². The molecule has 0 radical (unpaired) electrons. The van der Waals surface area contributed by atoms with Gasteiger partial charge in [-0.25, -0.2) is 13.6 Å². The SMILES string of the molecule is C[C@@H]1C(=O)NCCN1C(=O)N[C@H](c1ccc(C(C)(F)F)nc1)c1ccc(F)c(Cl)c1F. The smallest absolute Gasteiger partial charge is 0.318 e. The molecule has 0 aliphatic carbocycles. The minimum absolute atomic E-state index is 0.164. The van der Waals surface area contributed by atoms with Crippen LogP contribution in [0.25, 0.3) is 0 Å². The maximum atomic E-state index is 14.8. The number of hydrogen-bond acceptors (Lipinski definition) is 3. The van der Waals surface area contributed by atoms with Crippen LogP contribution in [0.1, 0.15) is 36.7 Å². The Balaban J connectivity index is 2.00. The number of pyridine rings is 1. The summed E-state index contributed by atoms with van der Waals surface area (Å²) >= 11 is 5.69. The third-order valence-corrected chi connectivity index (χ3v) is 5.32. The van der Waals surface area contributed by atoms with Crippen molar-refractivity contribution in [3.8, 4) is 0 Å². The van der Waals surface area contributed by atoms with Crippen LogP contribution >= 0.6 is 11.6 Å². The summed E-state index contributed by atoms with van der Waals surface area (Å²) in [5.41, 5.74) is -0.538. The number of amides is 3. The first-order valence-electron chi connectivity index (χ1n) is 9.33.